The molecule has 2 aliphatic rings. The van der Waals surface area contributed by atoms with Crippen LogP contribution in [-0.4, -0.2) is 12.6 Å². The first-order chi connectivity index (χ1) is 7.43. The Morgan fingerprint density at radius 2 is 2.06 bits per heavy atom. The molecule has 2 nitrogen and oxygen atoms in total. The van der Waals surface area contributed by atoms with E-state index in [1.54, 1.807) is 0 Å². The highest BCUT2D eigenvalue weighted by Gasteiger charge is 2.56. The van der Waals surface area contributed by atoms with E-state index in [0.717, 1.165) is 13.0 Å². The lowest BCUT2D eigenvalue weighted by molar-refractivity contribution is 0.588. The van der Waals surface area contributed by atoms with E-state index in [9.17, 15) is 0 Å². The Labute approximate surface area is 97.2 Å². The molecule has 1 fully saturated rings. The van der Waals surface area contributed by atoms with Gasteiger partial charge >= 0.3 is 0 Å². The monoisotopic (exact) mass is 216 g/mol. The highest BCUT2D eigenvalue weighted by molar-refractivity contribution is 5.65. The second-order valence-electron chi connectivity index (χ2n) is 6.33. The van der Waals surface area contributed by atoms with Crippen LogP contribution in [0.25, 0.3) is 0 Å². The molecule has 1 heterocycles. The fourth-order valence-electron chi connectivity index (χ4n) is 2.77. The van der Waals surface area contributed by atoms with Crippen molar-refractivity contribution in [2.45, 2.75) is 44.1 Å². The smallest absolute Gasteiger partial charge is 0.0380 e. The molecule has 2 atom stereocenters. The minimum absolute atomic E-state index is 0.220. The Morgan fingerprint density at radius 1 is 1.38 bits per heavy atom. The largest absolute Gasteiger partial charge is 0.384 e. The van der Waals surface area contributed by atoms with E-state index in [4.69, 9.17) is 5.73 Å². The number of anilines is 1. The number of hydrogen-bond donors (Lipinski definition) is 2. The van der Waals surface area contributed by atoms with Crippen molar-refractivity contribution in [1.29, 1.82) is 0 Å². The molecule has 2 heteroatoms. The molecule has 3 rings (SSSR count). The Hall–Kier alpha value is -1.02. The Morgan fingerprint density at radius 3 is 2.62 bits per heavy atom. The zero-order valence-corrected chi connectivity index (χ0v) is 10.3. The average molecular weight is 216 g/mol. The lowest BCUT2D eigenvalue weighted by Crippen LogP contribution is -2.20. The molecule has 1 aromatic carbocycles. The van der Waals surface area contributed by atoms with Crippen LogP contribution in [-0.2, 0) is 10.8 Å². The summed E-state index contributed by atoms with van der Waals surface area (Å²) in [6.45, 7) is 7.81. The normalized spacial score (nSPS) is 31.4. The summed E-state index contributed by atoms with van der Waals surface area (Å²) in [6, 6.07) is 7.17. The van der Waals surface area contributed by atoms with E-state index in [1.807, 2.05) is 0 Å². The molecule has 1 aromatic rings. The standard InChI is InChI=1S/C14H20N2/c1-13(2,3)9-4-5-11-10(6-9)14(8-16-11)7-12(14)15/h4-6,12,16H,7-8,15H2,1-3H3. The van der Waals surface area contributed by atoms with E-state index < -0.39 is 0 Å². The molecule has 86 valence electrons. The number of nitrogens with two attached hydrogens (primary N) is 1. The average Bonchev–Trinajstić information content (AvgIpc) is 2.69. The van der Waals surface area contributed by atoms with Crippen LogP contribution in [0.4, 0.5) is 5.69 Å². The van der Waals surface area contributed by atoms with Crippen LogP contribution in [0.1, 0.15) is 38.3 Å². The topological polar surface area (TPSA) is 38.0 Å². The molecule has 0 amide bonds. The maximum absolute atomic E-state index is 6.10. The molecule has 0 bridgehead atoms. The van der Waals surface area contributed by atoms with Gasteiger partial charge in [0.25, 0.3) is 0 Å². The Kier molecular flexibility index (Phi) is 1.78. The van der Waals surface area contributed by atoms with Crippen LogP contribution in [0.15, 0.2) is 18.2 Å². The summed E-state index contributed by atoms with van der Waals surface area (Å²) >= 11 is 0. The van der Waals surface area contributed by atoms with E-state index in [2.05, 4.69) is 44.3 Å². The summed E-state index contributed by atoms with van der Waals surface area (Å²) in [5, 5.41) is 3.48. The van der Waals surface area contributed by atoms with Crippen molar-refractivity contribution in [3.63, 3.8) is 0 Å². The van der Waals surface area contributed by atoms with Gasteiger partial charge in [-0.05, 0) is 29.0 Å². The predicted molar refractivity (Wildman–Crippen MR) is 67.9 cm³/mol. The van der Waals surface area contributed by atoms with Gasteiger partial charge in [-0.1, -0.05) is 32.9 Å². The van der Waals surface area contributed by atoms with Gasteiger partial charge in [0.2, 0.25) is 0 Å². The van der Waals surface area contributed by atoms with E-state index in [-0.39, 0.29) is 10.8 Å². The van der Waals surface area contributed by atoms with Gasteiger partial charge in [0.15, 0.2) is 0 Å². The minimum Gasteiger partial charge on any atom is -0.384 e. The number of nitrogens with one attached hydrogen (secondary N) is 1. The Bertz CT molecular complexity index is 445. The zero-order chi connectivity index (χ0) is 11.6. The van der Waals surface area contributed by atoms with Crippen molar-refractivity contribution in [2.75, 3.05) is 11.9 Å². The molecule has 1 saturated carbocycles. The lowest BCUT2D eigenvalue weighted by Gasteiger charge is -2.21. The first kappa shape index (κ1) is 10.2. The molecular formula is C14H20N2. The van der Waals surface area contributed by atoms with Gasteiger partial charge in [0, 0.05) is 23.7 Å². The second-order valence-corrected chi connectivity index (χ2v) is 6.33. The fourth-order valence-corrected chi connectivity index (χ4v) is 2.77. The van der Waals surface area contributed by atoms with Crippen molar-refractivity contribution in [3.8, 4) is 0 Å². The van der Waals surface area contributed by atoms with Gasteiger partial charge in [0.05, 0.1) is 0 Å². The number of fused-ring (bicyclic) bond motifs is 2. The Balaban J connectivity index is 2.08. The van der Waals surface area contributed by atoms with E-state index in [0.29, 0.717) is 6.04 Å². The maximum atomic E-state index is 6.10. The van der Waals surface area contributed by atoms with Crippen LogP contribution in [0, 0.1) is 0 Å². The molecule has 3 N–H and O–H groups in total. The molecule has 1 aliphatic carbocycles. The third-order valence-electron chi connectivity index (χ3n) is 4.15. The van der Waals surface area contributed by atoms with Crippen molar-refractivity contribution in [3.05, 3.63) is 29.3 Å². The van der Waals surface area contributed by atoms with Crippen molar-refractivity contribution >= 4 is 5.69 Å². The molecule has 0 radical (unpaired) electrons. The van der Waals surface area contributed by atoms with Gasteiger partial charge < -0.3 is 11.1 Å². The van der Waals surface area contributed by atoms with Gasteiger partial charge in [0.1, 0.15) is 0 Å². The lowest BCUT2D eigenvalue weighted by atomic mass is 9.84. The first-order valence-electron chi connectivity index (χ1n) is 6.08. The van der Waals surface area contributed by atoms with Crippen LogP contribution in [0.3, 0.4) is 0 Å². The van der Waals surface area contributed by atoms with Gasteiger partial charge in [-0.15, -0.1) is 0 Å². The molecule has 1 spiro atoms. The fraction of sp³-hybridized carbons (Fsp3) is 0.571. The minimum atomic E-state index is 0.220. The SMILES string of the molecule is CC(C)(C)c1ccc2c(c1)C1(CN2)CC1N. The van der Waals surface area contributed by atoms with Crippen molar-refractivity contribution in [2.24, 2.45) is 5.73 Å². The highest BCUT2D eigenvalue weighted by atomic mass is 15.0. The predicted octanol–water partition coefficient (Wildman–Crippen LogP) is 2.38. The molecule has 0 aromatic heterocycles. The molecule has 0 saturated heterocycles. The third kappa shape index (κ3) is 1.23. The van der Waals surface area contributed by atoms with Crippen LogP contribution < -0.4 is 11.1 Å². The van der Waals surface area contributed by atoms with Gasteiger partial charge in [-0.25, -0.2) is 0 Å². The maximum Gasteiger partial charge on any atom is 0.0380 e. The van der Waals surface area contributed by atoms with Crippen molar-refractivity contribution in [1.82, 2.24) is 0 Å². The second kappa shape index (κ2) is 2.80. The van der Waals surface area contributed by atoms with Crippen molar-refractivity contribution < 1.29 is 0 Å². The van der Waals surface area contributed by atoms with Crippen LogP contribution in [0.5, 0.6) is 0 Å². The number of rotatable bonds is 0. The quantitative estimate of drug-likeness (QED) is 0.698. The van der Waals surface area contributed by atoms with Crippen LogP contribution in [0.2, 0.25) is 0 Å². The summed E-state index contributed by atoms with van der Waals surface area (Å²) in [5.41, 5.74) is 10.7. The van der Waals surface area contributed by atoms with Gasteiger partial charge in [-0.3, -0.25) is 0 Å². The summed E-state index contributed by atoms with van der Waals surface area (Å²) in [5.74, 6) is 0. The summed E-state index contributed by atoms with van der Waals surface area (Å²) in [4.78, 5) is 0. The number of benzene rings is 1. The van der Waals surface area contributed by atoms with Gasteiger partial charge in [-0.2, -0.15) is 0 Å². The first-order valence-corrected chi connectivity index (χ1v) is 6.08. The summed E-state index contributed by atoms with van der Waals surface area (Å²) in [7, 11) is 0. The van der Waals surface area contributed by atoms with Crippen LogP contribution >= 0.6 is 0 Å². The molecule has 16 heavy (non-hydrogen) atoms. The highest BCUT2D eigenvalue weighted by Crippen LogP contribution is 2.53. The van der Waals surface area contributed by atoms with E-state index in [1.165, 1.54) is 16.8 Å². The third-order valence-corrected chi connectivity index (χ3v) is 4.15. The molecule has 2 unspecified atom stereocenters. The molecule has 1 aliphatic heterocycles. The summed E-state index contributed by atoms with van der Waals surface area (Å²) in [6.07, 6.45) is 1.14. The zero-order valence-electron chi connectivity index (χ0n) is 10.3. The molecular weight excluding hydrogens is 196 g/mol. The van der Waals surface area contributed by atoms with E-state index >= 15 is 0 Å². The summed E-state index contributed by atoms with van der Waals surface area (Å²) < 4.78 is 0. The number of hydrogen-bond acceptors (Lipinski definition) is 2.